The van der Waals surface area contributed by atoms with Gasteiger partial charge in [0.05, 0.1) is 5.69 Å². The lowest BCUT2D eigenvalue weighted by molar-refractivity contribution is -0.118. The maximum atomic E-state index is 13.0. The molecule has 2 aromatic carbocycles. The zero-order valence-corrected chi connectivity index (χ0v) is 20.1. The lowest BCUT2D eigenvalue weighted by Crippen LogP contribution is -2.36. The van der Waals surface area contributed by atoms with Crippen molar-refractivity contribution >= 4 is 35.0 Å². The van der Waals surface area contributed by atoms with E-state index in [2.05, 4.69) is 22.1 Å². The number of nitrogens with zero attached hydrogens (tertiary/aromatic N) is 4. The SMILES string of the molecule is CCCCSc1nnc2c(n1)OC(c1ccccc1Cl)N(C(C)=O)c1c(C)cc(C)cc1-2. The van der Waals surface area contributed by atoms with Crippen molar-refractivity contribution < 1.29 is 9.53 Å². The highest BCUT2D eigenvalue weighted by atomic mass is 35.5. The summed E-state index contributed by atoms with van der Waals surface area (Å²) in [6.07, 6.45) is 1.37. The summed E-state index contributed by atoms with van der Waals surface area (Å²) in [4.78, 5) is 19.3. The Bertz CT molecular complexity index is 1170. The summed E-state index contributed by atoms with van der Waals surface area (Å²) in [5.41, 5.74) is 4.69. The molecule has 2 heterocycles. The number of rotatable bonds is 5. The molecule has 0 N–H and O–H groups in total. The molecule has 0 bridgehead atoms. The minimum Gasteiger partial charge on any atom is -0.447 e. The molecule has 8 heteroatoms. The molecule has 4 rings (SSSR count). The number of fused-ring (bicyclic) bond motifs is 3. The summed E-state index contributed by atoms with van der Waals surface area (Å²) in [5.74, 6) is 1.08. The van der Waals surface area contributed by atoms with Crippen LogP contribution in [0.1, 0.15) is 49.6 Å². The van der Waals surface area contributed by atoms with Crippen LogP contribution in [0.2, 0.25) is 5.02 Å². The van der Waals surface area contributed by atoms with Crippen LogP contribution < -0.4 is 9.64 Å². The Labute approximate surface area is 197 Å². The van der Waals surface area contributed by atoms with Gasteiger partial charge in [0.15, 0.2) is 5.69 Å². The predicted octanol–water partition coefficient (Wildman–Crippen LogP) is 6.15. The number of carbonyl (C=O) groups is 1. The summed E-state index contributed by atoms with van der Waals surface area (Å²) in [7, 11) is 0. The molecule has 166 valence electrons. The molecule has 0 saturated heterocycles. The molecule has 0 fully saturated rings. The number of aryl methyl sites for hydroxylation is 2. The molecular formula is C24H25ClN4O2S. The van der Waals surface area contributed by atoms with Gasteiger partial charge >= 0.3 is 0 Å². The first-order valence-corrected chi connectivity index (χ1v) is 12.0. The van der Waals surface area contributed by atoms with Crippen molar-refractivity contribution in [1.29, 1.82) is 0 Å². The number of aromatic nitrogens is 3. The number of amides is 1. The summed E-state index contributed by atoms with van der Waals surface area (Å²) >= 11 is 8.09. The first-order valence-electron chi connectivity index (χ1n) is 10.6. The Morgan fingerprint density at radius 3 is 2.72 bits per heavy atom. The van der Waals surface area contributed by atoms with Crippen molar-refractivity contribution in [1.82, 2.24) is 15.2 Å². The number of benzene rings is 2. The standard InChI is InChI=1S/C24H25ClN4O2S/c1-5-6-11-32-24-26-22-20(27-28-24)18-13-14(2)12-15(3)21(18)29(16(4)30)23(31-22)17-9-7-8-10-19(17)25/h7-10,12-13,23H,5-6,11H2,1-4H3. The second-order valence-electron chi connectivity index (χ2n) is 7.81. The highest BCUT2D eigenvalue weighted by Crippen LogP contribution is 2.46. The molecule has 3 aromatic rings. The van der Waals surface area contributed by atoms with E-state index in [1.165, 1.54) is 6.92 Å². The van der Waals surface area contributed by atoms with Crippen molar-refractivity contribution in [3.63, 3.8) is 0 Å². The molecule has 1 atom stereocenters. The van der Waals surface area contributed by atoms with Crippen molar-refractivity contribution in [3.8, 4) is 17.1 Å². The van der Waals surface area contributed by atoms with Crippen LogP contribution in [0.25, 0.3) is 11.3 Å². The van der Waals surface area contributed by atoms with Gasteiger partial charge in [-0.3, -0.25) is 9.69 Å². The normalized spacial score (nSPS) is 14.9. The van der Waals surface area contributed by atoms with Gasteiger partial charge in [0.2, 0.25) is 23.2 Å². The molecule has 0 radical (unpaired) electrons. The fourth-order valence-corrected chi connectivity index (χ4v) is 4.95. The van der Waals surface area contributed by atoms with E-state index < -0.39 is 6.23 Å². The predicted molar refractivity (Wildman–Crippen MR) is 128 cm³/mol. The van der Waals surface area contributed by atoms with Crippen LogP contribution in [-0.2, 0) is 4.79 Å². The van der Waals surface area contributed by atoms with Gasteiger partial charge in [-0.2, -0.15) is 4.98 Å². The van der Waals surface area contributed by atoms with Crippen molar-refractivity contribution in [2.45, 2.75) is 51.9 Å². The Morgan fingerprint density at radius 1 is 1.22 bits per heavy atom. The Balaban J connectivity index is 1.94. The molecule has 1 unspecified atom stereocenters. The Kier molecular flexibility index (Phi) is 6.67. The number of anilines is 1. The number of carbonyl (C=O) groups excluding carboxylic acids is 1. The van der Waals surface area contributed by atoms with Gasteiger partial charge in [0, 0.05) is 28.8 Å². The summed E-state index contributed by atoms with van der Waals surface area (Å²) in [6.45, 7) is 7.66. The molecule has 1 aromatic heterocycles. The number of unbranched alkanes of at least 4 members (excludes halogenated alkanes) is 1. The second kappa shape index (κ2) is 9.46. The molecule has 0 saturated carbocycles. The minimum absolute atomic E-state index is 0.165. The van der Waals surface area contributed by atoms with Crippen LogP contribution in [0.5, 0.6) is 5.88 Å². The van der Waals surface area contributed by atoms with E-state index in [1.807, 2.05) is 44.2 Å². The number of hydrogen-bond acceptors (Lipinski definition) is 6. The molecule has 0 spiro atoms. The van der Waals surface area contributed by atoms with Gasteiger partial charge in [0.1, 0.15) is 0 Å². The van der Waals surface area contributed by atoms with Crippen molar-refractivity contribution in [2.75, 3.05) is 10.7 Å². The fraction of sp³-hybridized carbons (Fsp3) is 0.333. The van der Waals surface area contributed by atoms with Gasteiger partial charge in [0.25, 0.3) is 0 Å². The zero-order chi connectivity index (χ0) is 22.8. The van der Waals surface area contributed by atoms with Crippen LogP contribution in [0.4, 0.5) is 5.69 Å². The maximum absolute atomic E-state index is 13.0. The highest BCUT2D eigenvalue weighted by molar-refractivity contribution is 7.99. The molecule has 1 aliphatic rings. The second-order valence-corrected chi connectivity index (χ2v) is 9.28. The monoisotopic (exact) mass is 468 g/mol. The third-order valence-electron chi connectivity index (χ3n) is 5.27. The zero-order valence-electron chi connectivity index (χ0n) is 18.6. The first kappa shape index (κ1) is 22.6. The Hall–Kier alpha value is -2.64. The van der Waals surface area contributed by atoms with E-state index in [9.17, 15) is 4.79 Å². The molecule has 1 aliphatic heterocycles. The molecule has 0 aliphatic carbocycles. The average molecular weight is 469 g/mol. The van der Waals surface area contributed by atoms with E-state index in [0.717, 1.165) is 41.0 Å². The highest BCUT2D eigenvalue weighted by Gasteiger charge is 2.36. The molecular weight excluding hydrogens is 444 g/mol. The van der Waals surface area contributed by atoms with Gasteiger partial charge in [-0.15, -0.1) is 10.2 Å². The van der Waals surface area contributed by atoms with Crippen LogP contribution in [0.15, 0.2) is 41.6 Å². The molecule has 32 heavy (non-hydrogen) atoms. The smallest absolute Gasteiger partial charge is 0.247 e. The largest absolute Gasteiger partial charge is 0.447 e. The van der Waals surface area contributed by atoms with Gasteiger partial charge in [-0.05, 0) is 38.0 Å². The third kappa shape index (κ3) is 4.32. The summed E-state index contributed by atoms with van der Waals surface area (Å²) in [6, 6.07) is 11.4. The summed E-state index contributed by atoms with van der Waals surface area (Å²) in [5, 5.41) is 9.90. The van der Waals surface area contributed by atoms with Gasteiger partial charge < -0.3 is 4.74 Å². The lowest BCUT2D eigenvalue weighted by Gasteiger charge is -2.31. The number of hydrogen-bond donors (Lipinski definition) is 0. The number of ether oxygens (including phenoxy) is 1. The van der Waals surface area contributed by atoms with Crippen molar-refractivity contribution in [2.24, 2.45) is 0 Å². The number of thioether (sulfide) groups is 1. The Morgan fingerprint density at radius 2 is 2.00 bits per heavy atom. The topological polar surface area (TPSA) is 68.2 Å². The van der Waals surface area contributed by atoms with Gasteiger partial charge in [-0.1, -0.05) is 66.5 Å². The van der Waals surface area contributed by atoms with Crippen LogP contribution in [0, 0.1) is 13.8 Å². The van der Waals surface area contributed by atoms with E-state index in [-0.39, 0.29) is 5.91 Å². The fourth-order valence-electron chi connectivity index (χ4n) is 3.85. The quantitative estimate of drug-likeness (QED) is 0.330. The van der Waals surface area contributed by atoms with E-state index >= 15 is 0 Å². The van der Waals surface area contributed by atoms with E-state index in [4.69, 9.17) is 16.3 Å². The van der Waals surface area contributed by atoms with Crippen LogP contribution in [-0.4, -0.2) is 26.8 Å². The minimum atomic E-state index is -0.784. The first-order chi connectivity index (χ1) is 15.4. The van der Waals surface area contributed by atoms with Crippen LogP contribution in [0.3, 0.4) is 0 Å². The van der Waals surface area contributed by atoms with Crippen LogP contribution >= 0.6 is 23.4 Å². The molecule has 6 nitrogen and oxygen atoms in total. The third-order valence-corrected chi connectivity index (χ3v) is 6.54. The van der Waals surface area contributed by atoms with E-state index in [1.54, 1.807) is 22.7 Å². The molecule has 1 amide bonds. The van der Waals surface area contributed by atoms with Crippen molar-refractivity contribution in [3.05, 3.63) is 58.1 Å². The van der Waals surface area contributed by atoms with Gasteiger partial charge in [-0.25, -0.2) is 0 Å². The summed E-state index contributed by atoms with van der Waals surface area (Å²) < 4.78 is 6.42. The maximum Gasteiger partial charge on any atom is 0.247 e. The number of halogens is 1. The average Bonchev–Trinajstić information content (AvgIpc) is 2.89. The lowest BCUT2D eigenvalue weighted by atomic mass is 10.00. The van der Waals surface area contributed by atoms with E-state index in [0.29, 0.717) is 27.3 Å².